The predicted octanol–water partition coefficient (Wildman–Crippen LogP) is 4.26. The van der Waals surface area contributed by atoms with Gasteiger partial charge in [0.15, 0.2) is 0 Å². The monoisotopic (exact) mass is 309 g/mol. The van der Waals surface area contributed by atoms with Crippen molar-refractivity contribution in [3.63, 3.8) is 0 Å². The largest absolute Gasteiger partial charge is 0.416 e. The van der Waals surface area contributed by atoms with Gasteiger partial charge in [-0.1, -0.05) is 34.6 Å². The molecule has 2 rings (SSSR count). The van der Waals surface area contributed by atoms with Crippen LogP contribution in [-0.4, -0.2) is 17.5 Å². The summed E-state index contributed by atoms with van der Waals surface area (Å²) in [7, 11) is 0. The molecule has 18 heavy (non-hydrogen) atoms. The predicted molar refractivity (Wildman–Crippen MR) is 74.1 cm³/mol. The maximum Gasteiger partial charge on any atom is 0.415 e. The van der Waals surface area contributed by atoms with Crippen molar-refractivity contribution in [2.45, 2.75) is 25.8 Å². The van der Waals surface area contributed by atoms with E-state index in [2.05, 4.69) is 22.5 Å². The Morgan fingerprint density at radius 3 is 2.72 bits per heavy atom. The van der Waals surface area contributed by atoms with Crippen LogP contribution in [0.15, 0.2) is 41.1 Å². The molecule has 0 aliphatic carbocycles. The van der Waals surface area contributed by atoms with Crippen molar-refractivity contribution in [2.24, 2.45) is 0 Å². The first kappa shape index (κ1) is 13.1. The van der Waals surface area contributed by atoms with Crippen LogP contribution in [0.3, 0.4) is 0 Å². The van der Waals surface area contributed by atoms with Gasteiger partial charge in [0, 0.05) is 11.0 Å². The molecule has 0 spiro atoms. The maximum absolute atomic E-state index is 11.9. The Labute approximate surface area is 116 Å². The molecule has 1 saturated heterocycles. The number of halogens is 1. The summed E-state index contributed by atoms with van der Waals surface area (Å²) in [5.74, 6) is 0.432. The quantitative estimate of drug-likeness (QED) is 0.764. The van der Waals surface area contributed by atoms with Crippen molar-refractivity contribution in [2.75, 3.05) is 6.54 Å². The molecule has 1 aromatic carbocycles. The number of hydrogen-bond acceptors (Lipinski definition) is 2. The number of benzene rings is 1. The van der Waals surface area contributed by atoms with E-state index < -0.39 is 0 Å². The van der Waals surface area contributed by atoms with Crippen molar-refractivity contribution >= 4 is 22.0 Å². The molecule has 0 radical (unpaired) electrons. The summed E-state index contributed by atoms with van der Waals surface area (Å²) < 4.78 is 6.13. The summed E-state index contributed by atoms with van der Waals surface area (Å²) in [6.45, 7) is 6.03. The number of allylic oxidation sites excluding steroid dienone is 1. The summed E-state index contributed by atoms with van der Waals surface area (Å²) in [6.07, 6.45) is 1.69. The van der Waals surface area contributed by atoms with Crippen LogP contribution in [0, 0.1) is 0 Å². The number of amides is 1. The van der Waals surface area contributed by atoms with Crippen molar-refractivity contribution in [3.8, 4) is 0 Å². The SMILES string of the molecule is C=C(C)OC(=O)N1CCC[C@H]1c1ccc(Br)cc1. The Hall–Kier alpha value is -1.29. The molecule has 0 bridgehead atoms. The van der Waals surface area contributed by atoms with E-state index in [1.165, 1.54) is 0 Å². The second-order valence-electron chi connectivity index (χ2n) is 4.47. The van der Waals surface area contributed by atoms with E-state index in [0.29, 0.717) is 5.76 Å². The van der Waals surface area contributed by atoms with Crippen LogP contribution in [0.5, 0.6) is 0 Å². The number of hydrogen-bond donors (Lipinski definition) is 0. The van der Waals surface area contributed by atoms with Crippen LogP contribution in [-0.2, 0) is 4.74 Å². The van der Waals surface area contributed by atoms with Gasteiger partial charge in [0.2, 0.25) is 0 Å². The second-order valence-corrected chi connectivity index (χ2v) is 5.39. The van der Waals surface area contributed by atoms with Crippen molar-refractivity contribution < 1.29 is 9.53 Å². The summed E-state index contributed by atoms with van der Waals surface area (Å²) in [4.78, 5) is 13.7. The Morgan fingerprint density at radius 1 is 1.44 bits per heavy atom. The van der Waals surface area contributed by atoms with E-state index in [9.17, 15) is 4.79 Å². The summed E-state index contributed by atoms with van der Waals surface area (Å²) in [5.41, 5.74) is 1.15. The highest BCUT2D eigenvalue weighted by molar-refractivity contribution is 9.10. The second kappa shape index (κ2) is 5.57. The van der Waals surface area contributed by atoms with E-state index in [4.69, 9.17) is 4.74 Å². The van der Waals surface area contributed by atoms with Gasteiger partial charge in [-0.3, -0.25) is 0 Å². The van der Waals surface area contributed by atoms with Gasteiger partial charge in [-0.2, -0.15) is 0 Å². The van der Waals surface area contributed by atoms with Crippen LogP contribution < -0.4 is 0 Å². The van der Waals surface area contributed by atoms with Crippen LogP contribution in [0.25, 0.3) is 0 Å². The van der Waals surface area contributed by atoms with Gasteiger partial charge in [-0.05, 0) is 37.5 Å². The Bertz CT molecular complexity index is 455. The molecule has 96 valence electrons. The lowest BCUT2D eigenvalue weighted by atomic mass is 10.1. The highest BCUT2D eigenvalue weighted by Crippen LogP contribution is 2.33. The van der Waals surface area contributed by atoms with Gasteiger partial charge < -0.3 is 9.64 Å². The molecule has 0 saturated carbocycles. The molecule has 1 aliphatic heterocycles. The zero-order chi connectivity index (χ0) is 13.1. The minimum Gasteiger partial charge on any atom is -0.416 e. The summed E-state index contributed by atoms with van der Waals surface area (Å²) >= 11 is 3.41. The molecule has 1 atom stereocenters. The average Bonchev–Trinajstić information content (AvgIpc) is 2.78. The van der Waals surface area contributed by atoms with Crippen molar-refractivity contribution in [1.82, 2.24) is 4.90 Å². The zero-order valence-corrected chi connectivity index (χ0v) is 11.9. The fraction of sp³-hybridized carbons (Fsp3) is 0.357. The zero-order valence-electron chi connectivity index (χ0n) is 10.4. The Kier molecular flexibility index (Phi) is 4.07. The molecule has 0 unspecified atom stereocenters. The smallest absolute Gasteiger partial charge is 0.415 e. The van der Waals surface area contributed by atoms with Gasteiger partial charge in [0.05, 0.1) is 11.8 Å². The van der Waals surface area contributed by atoms with E-state index in [-0.39, 0.29) is 12.1 Å². The van der Waals surface area contributed by atoms with Crippen molar-refractivity contribution in [3.05, 3.63) is 46.6 Å². The highest BCUT2D eigenvalue weighted by atomic mass is 79.9. The van der Waals surface area contributed by atoms with Crippen LogP contribution in [0.4, 0.5) is 4.79 Å². The third kappa shape index (κ3) is 2.93. The summed E-state index contributed by atoms with van der Waals surface area (Å²) in [5, 5.41) is 0. The summed E-state index contributed by atoms with van der Waals surface area (Å²) in [6, 6.07) is 8.19. The van der Waals surface area contributed by atoms with Gasteiger partial charge in [0.1, 0.15) is 0 Å². The molecule has 1 amide bonds. The van der Waals surface area contributed by atoms with Crippen LogP contribution in [0.1, 0.15) is 31.4 Å². The lowest BCUT2D eigenvalue weighted by molar-refractivity contribution is 0.124. The van der Waals surface area contributed by atoms with E-state index in [1.54, 1.807) is 11.8 Å². The molecular formula is C14H16BrNO2. The highest BCUT2D eigenvalue weighted by Gasteiger charge is 2.31. The van der Waals surface area contributed by atoms with E-state index in [0.717, 1.165) is 29.4 Å². The first-order valence-electron chi connectivity index (χ1n) is 5.97. The van der Waals surface area contributed by atoms with Gasteiger partial charge >= 0.3 is 6.09 Å². The Morgan fingerprint density at radius 2 is 2.11 bits per heavy atom. The molecule has 1 fully saturated rings. The number of carbonyl (C=O) groups is 1. The molecule has 0 N–H and O–H groups in total. The molecule has 3 nitrogen and oxygen atoms in total. The fourth-order valence-electron chi connectivity index (χ4n) is 2.22. The first-order chi connectivity index (χ1) is 8.58. The molecule has 1 aliphatic rings. The van der Waals surface area contributed by atoms with Gasteiger partial charge in [-0.15, -0.1) is 0 Å². The normalized spacial score (nSPS) is 18.8. The number of likely N-dealkylation sites (tertiary alicyclic amines) is 1. The van der Waals surface area contributed by atoms with Gasteiger partial charge in [-0.25, -0.2) is 4.79 Å². The topological polar surface area (TPSA) is 29.5 Å². The average molecular weight is 310 g/mol. The maximum atomic E-state index is 11.9. The van der Waals surface area contributed by atoms with Crippen LogP contribution >= 0.6 is 15.9 Å². The number of nitrogens with zero attached hydrogens (tertiary/aromatic N) is 1. The number of carbonyl (C=O) groups excluding carboxylic acids is 1. The lowest BCUT2D eigenvalue weighted by Crippen LogP contribution is -2.30. The first-order valence-corrected chi connectivity index (χ1v) is 6.76. The molecule has 4 heteroatoms. The van der Waals surface area contributed by atoms with E-state index in [1.807, 2.05) is 24.3 Å². The Balaban J connectivity index is 2.14. The minimum atomic E-state index is -0.298. The van der Waals surface area contributed by atoms with E-state index >= 15 is 0 Å². The standard InChI is InChI=1S/C14H16BrNO2/c1-10(2)18-14(17)16-9-3-4-13(16)11-5-7-12(15)8-6-11/h5-8,13H,1,3-4,9H2,2H3/t13-/m0/s1. The molecule has 1 heterocycles. The van der Waals surface area contributed by atoms with Gasteiger partial charge in [0.25, 0.3) is 0 Å². The third-order valence-electron chi connectivity index (χ3n) is 3.00. The van der Waals surface area contributed by atoms with Crippen molar-refractivity contribution in [1.29, 1.82) is 0 Å². The fourth-order valence-corrected chi connectivity index (χ4v) is 2.49. The number of ether oxygens (including phenoxy) is 1. The number of rotatable bonds is 2. The third-order valence-corrected chi connectivity index (χ3v) is 3.53. The lowest BCUT2D eigenvalue weighted by Gasteiger charge is -2.24. The molecule has 1 aromatic rings. The van der Waals surface area contributed by atoms with Crippen LogP contribution in [0.2, 0.25) is 0 Å². The minimum absolute atomic E-state index is 0.116. The molecule has 0 aromatic heterocycles. The molecular weight excluding hydrogens is 294 g/mol.